The topological polar surface area (TPSA) is 85.6 Å². The van der Waals surface area contributed by atoms with E-state index in [1.165, 1.54) is 14.2 Å². The number of benzene rings is 3. The fourth-order valence-electron chi connectivity index (χ4n) is 3.32. The molecule has 1 aromatic heterocycles. The predicted octanol–water partition coefficient (Wildman–Crippen LogP) is 4.87. The summed E-state index contributed by atoms with van der Waals surface area (Å²) in [6.45, 7) is 2.03. The molecule has 33 heavy (non-hydrogen) atoms. The lowest BCUT2D eigenvalue weighted by molar-refractivity contribution is 0.0977. The molecule has 0 radical (unpaired) electrons. The van der Waals surface area contributed by atoms with E-state index in [4.69, 9.17) is 26.1 Å². The van der Waals surface area contributed by atoms with Crippen molar-refractivity contribution in [3.8, 4) is 11.5 Å². The largest absolute Gasteiger partial charge is 0.497 e. The third-order valence-corrected chi connectivity index (χ3v) is 5.20. The van der Waals surface area contributed by atoms with Crippen molar-refractivity contribution in [1.82, 2.24) is 10.3 Å². The maximum atomic E-state index is 12.6. The van der Waals surface area contributed by atoms with Crippen LogP contribution in [0.15, 0.2) is 65.1 Å². The molecule has 0 atom stereocenters. The monoisotopic (exact) mass is 461 g/mol. The van der Waals surface area contributed by atoms with E-state index in [2.05, 4.69) is 15.6 Å². The number of oxazole rings is 1. The van der Waals surface area contributed by atoms with Gasteiger partial charge in [-0.05, 0) is 66.7 Å². The summed E-state index contributed by atoms with van der Waals surface area (Å²) >= 11 is 5.29. The Balaban J connectivity index is 1.37. The summed E-state index contributed by atoms with van der Waals surface area (Å²) in [5.74, 6) is 1.33. The van der Waals surface area contributed by atoms with Crippen molar-refractivity contribution in [2.45, 2.75) is 13.3 Å². The van der Waals surface area contributed by atoms with Crippen molar-refractivity contribution in [3.05, 3.63) is 83.2 Å². The van der Waals surface area contributed by atoms with E-state index in [1.807, 2.05) is 49.4 Å². The smallest absolute Gasteiger partial charge is 0.257 e. The van der Waals surface area contributed by atoms with Gasteiger partial charge in [-0.3, -0.25) is 10.1 Å². The Hall–Kier alpha value is -3.91. The zero-order valence-corrected chi connectivity index (χ0v) is 19.3. The Morgan fingerprint density at radius 2 is 1.70 bits per heavy atom. The molecule has 7 nitrogen and oxygen atoms in total. The van der Waals surface area contributed by atoms with E-state index in [0.29, 0.717) is 29.4 Å². The van der Waals surface area contributed by atoms with E-state index >= 15 is 0 Å². The molecule has 4 aromatic rings. The average molecular weight is 462 g/mol. The number of anilines is 1. The van der Waals surface area contributed by atoms with Crippen LogP contribution in [0.4, 0.5) is 5.69 Å². The molecule has 168 valence electrons. The van der Waals surface area contributed by atoms with Gasteiger partial charge in [0.05, 0.1) is 14.2 Å². The normalized spacial score (nSPS) is 10.6. The van der Waals surface area contributed by atoms with Gasteiger partial charge in [-0.2, -0.15) is 0 Å². The lowest BCUT2D eigenvalue weighted by atomic mass is 10.1. The summed E-state index contributed by atoms with van der Waals surface area (Å²) in [6, 6.07) is 18.5. The number of aromatic nitrogens is 1. The summed E-state index contributed by atoms with van der Waals surface area (Å²) in [7, 11) is 3.05. The quantitative estimate of drug-likeness (QED) is 0.396. The van der Waals surface area contributed by atoms with Crippen LogP contribution in [-0.2, 0) is 6.42 Å². The van der Waals surface area contributed by atoms with Crippen LogP contribution in [0.3, 0.4) is 0 Å². The van der Waals surface area contributed by atoms with Crippen LogP contribution < -0.4 is 20.1 Å². The van der Waals surface area contributed by atoms with E-state index in [9.17, 15) is 4.79 Å². The fraction of sp³-hybridized carbons (Fsp3) is 0.160. The Labute approximate surface area is 196 Å². The molecular weight excluding hydrogens is 438 g/mol. The SMILES string of the molecule is COc1cc(OC)cc(C(=O)NC(=S)Nc2ccc(Cc3nc4cc(C)ccc4o3)cc2)c1. The van der Waals surface area contributed by atoms with Gasteiger partial charge < -0.3 is 19.2 Å². The zero-order valence-electron chi connectivity index (χ0n) is 18.5. The number of carbonyl (C=O) groups excluding carboxylic acids is 1. The number of fused-ring (bicyclic) bond motifs is 1. The first-order valence-corrected chi connectivity index (χ1v) is 10.6. The molecule has 0 unspecified atom stereocenters. The van der Waals surface area contributed by atoms with Crippen LogP contribution >= 0.6 is 12.2 Å². The third-order valence-electron chi connectivity index (χ3n) is 5.00. The predicted molar refractivity (Wildman–Crippen MR) is 131 cm³/mol. The summed E-state index contributed by atoms with van der Waals surface area (Å²) in [4.78, 5) is 17.1. The van der Waals surface area contributed by atoms with Crippen molar-refractivity contribution < 1.29 is 18.7 Å². The highest BCUT2D eigenvalue weighted by molar-refractivity contribution is 7.80. The van der Waals surface area contributed by atoms with Crippen molar-refractivity contribution >= 4 is 40.0 Å². The number of carbonyl (C=O) groups is 1. The lowest BCUT2D eigenvalue weighted by Crippen LogP contribution is -2.34. The van der Waals surface area contributed by atoms with Gasteiger partial charge in [0, 0.05) is 23.7 Å². The Kier molecular flexibility index (Phi) is 6.55. The Morgan fingerprint density at radius 3 is 2.36 bits per heavy atom. The fourth-order valence-corrected chi connectivity index (χ4v) is 3.53. The second kappa shape index (κ2) is 9.70. The third kappa shape index (κ3) is 5.48. The van der Waals surface area contributed by atoms with Crippen molar-refractivity contribution in [3.63, 3.8) is 0 Å². The van der Waals surface area contributed by atoms with Crippen molar-refractivity contribution in [1.29, 1.82) is 0 Å². The van der Waals surface area contributed by atoms with E-state index in [-0.39, 0.29) is 11.0 Å². The standard InChI is InChI=1S/C25H23N3O4S/c1-15-4-9-22-21(10-15)27-23(32-22)11-16-5-7-18(8-6-16)26-25(33)28-24(29)17-12-19(30-2)14-20(13-17)31-3/h4-10,12-14H,11H2,1-3H3,(H2,26,28,29,33). The Bertz CT molecular complexity index is 1290. The first kappa shape index (κ1) is 22.3. The van der Waals surface area contributed by atoms with Crippen LogP contribution in [0.2, 0.25) is 0 Å². The van der Waals surface area contributed by atoms with Crippen LogP contribution in [0.5, 0.6) is 11.5 Å². The molecule has 2 N–H and O–H groups in total. The molecule has 8 heteroatoms. The average Bonchev–Trinajstić information content (AvgIpc) is 3.21. The number of thiocarbonyl (C=S) groups is 1. The number of ether oxygens (including phenoxy) is 2. The van der Waals surface area contributed by atoms with Crippen LogP contribution in [0.1, 0.15) is 27.4 Å². The highest BCUT2D eigenvalue weighted by atomic mass is 32.1. The number of aryl methyl sites for hydroxylation is 1. The van der Waals surface area contributed by atoms with Crippen molar-refractivity contribution in [2.75, 3.05) is 19.5 Å². The molecule has 0 saturated carbocycles. The number of nitrogens with one attached hydrogen (secondary N) is 2. The minimum Gasteiger partial charge on any atom is -0.497 e. The van der Waals surface area contributed by atoms with E-state index in [1.54, 1.807) is 18.2 Å². The van der Waals surface area contributed by atoms with E-state index in [0.717, 1.165) is 27.9 Å². The van der Waals surface area contributed by atoms with Gasteiger partial charge in [0.15, 0.2) is 16.6 Å². The molecule has 0 aliphatic heterocycles. The summed E-state index contributed by atoms with van der Waals surface area (Å²) in [6.07, 6.45) is 0.576. The number of methoxy groups -OCH3 is 2. The first-order valence-electron chi connectivity index (χ1n) is 10.2. The molecule has 0 spiro atoms. The molecule has 0 bridgehead atoms. The number of amides is 1. The summed E-state index contributed by atoms with van der Waals surface area (Å²) < 4.78 is 16.2. The molecular formula is C25H23N3O4S. The molecule has 1 heterocycles. The van der Waals surface area contributed by atoms with Crippen molar-refractivity contribution in [2.24, 2.45) is 0 Å². The first-order chi connectivity index (χ1) is 15.9. The molecule has 1 amide bonds. The second-order valence-corrected chi connectivity index (χ2v) is 7.87. The van der Waals surface area contributed by atoms with Gasteiger partial charge in [0.2, 0.25) is 0 Å². The van der Waals surface area contributed by atoms with Gasteiger partial charge in [-0.25, -0.2) is 4.98 Å². The summed E-state index contributed by atoms with van der Waals surface area (Å²) in [5.41, 5.74) is 4.95. The number of rotatable bonds is 6. The highest BCUT2D eigenvalue weighted by Crippen LogP contribution is 2.23. The summed E-state index contributed by atoms with van der Waals surface area (Å²) in [5, 5.41) is 5.87. The van der Waals surface area contributed by atoms with Crippen LogP contribution in [-0.4, -0.2) is 30.2 Å². The van der Waals surface area contributed by atoms with Gasteiger partial charge in [0.25, 0.3) is 5.91 Å². The van der Waals surface area contributed by atoms with E-state index < -0.39 is 0 Å². The molecule has 0 aliphatic carbocycles. The van der Waals surface area contributed by atoms with Gasteiger partial charge >= 0.3 is 0 Å². The molecule has 0 fully saturated rings. The second-order valence-electron chi connectivity index (χ2n) is 7.46. The number of hydrogen-bond acceptors (Lipinski definition) is 6. The molecule has 0 saturated heterocycles. The van der Waals surface area contributed by atoms with Gasteiger partial charge in [-0.15, -0.1) is 0 Å². The lowest BCUT2D eigenvalue weighted by Gasteiger charge is -2.11. The number of hydrogen-bond donors (Lipinski definition) is 2. The van der Waals surface area contributed by atoms with Gasteiger partial charge in [0.1, 0.15) is 17.0 Å². The maximum Gasteiger partial charge on any atom is 0.257 e. The zero-order chi connectivity index (χ0) is 23.4. The highest BCUT2D eigenvalue weighted by Gasteiger charge is 2.12. The minimum atomic E-state index is -0.368. The van der Waals surface area contributed by atoms with Crippen LogP contribution in [0, 0.1) is 6.92 Å². The number of nitrogens with zero attached hydrogens (tertiary/aromatic N) is 1. The minimum absolute atomic E-state index is 0.184. The molecule has 0 aliphatic rings. The molecule has 3 aromatic carbocycles. The Morgan fingerprint density at radius 1 is 1.00 bits per heavy atom. The molecule has 4 rings (SSSR count). The van der Waals surface area contributed by atoms with Gasteiger partial charge in [-0.1, -0.05) is 18.2 Å². The maximum absolute atomic E-state index is 12.6. The van der Waals surface area contributed by atoms with Crippen LogP contribution in [0.25, 0.3) is 11.1 Å².